The first kappa shape index (κ1) is 16.6. The number of hydrogen-bond acceptors (Lipinski definition) is 7. The van der Waals surface area contributed by atoms with Crippen LogP contribution in [0.2, 0.25) is 0 Å². The lowest BCUT2D eigenvalue weighted by Gasteiger charge is -2.13. The number of aliphatic carboxylic acids is 1. The maximum absolute atomic E-state index is 12.1. The van der Waals surface area contributed by atoms with E-state index in [1.165, 1.54) is 11.4 Å². The van der Waals surface area contributed by atoms with Crippen LogP contribution < -0.4 is 4.72 Å². The van der Waals surface area contributed by atoms with Gasteiger partial charge in [0.1, 0.15) is 15.8 Å². The van der Waals surface area contributed by atoms with E-state index in [9.17, 15) is 18.0 Å². The number of sulfonamides is 1. The zero-order chi connectivity index (χ0) is 15.3. The third-order valence-electron chi connectivity index (χ3n) is 2.30. The Hall–Kier alpha value is -1.49. The number of nitrogens with one attached hydrogen (secondary N) is 1. The smallest absolute Gasteiger partial charge is 0.349 e. The van der Waals surface area contributed by atoms with Crippen molar-refractivity contribution in [2.24, 2.45) is 0 Å². The molecule has 0 aliphatic carbocycles. The number of carbonyl (C=O) groups is 2. The van der Waals surface area contributed by atoms with E-state index < -0.39 is 34.6 Å². The maximum Gasteiger partial charge on any atom is 0.349 e. The third kappa shape index (κ3) is 3.76. The normalized spacial score (nSPS) is 12.9. The van der Waals surface area contributed by atoms with Gasteiger partial charge >= 0.3 is 11.9 Å². The standard InChI is InChI=1S/C10H13NO7S2/c1-18-10(15)8-7(3-5-19-8)20(16,17)11-6(2-4-12)9(13)14/h3,5-6,11-12H,2,4H2,1H3,(H,13,14). The van der Waals surface area contributed by atoms with Crippen LogP contribution in [0.4, 0.5) is 0 Å². The fourth-order valence-electron chi connectivity index (χ4n) is 1.36. The number of carboxylic acid groups (broad SMARTS) is 1. The van der Waals surface area contributed by atoms with Crippen molar-refractivity contribution in [3.63, 3.8) is 0 Å². The van der Waals surface area contributed by atoms with Crippen LogP contribution in [0.3, 0.4) is 0 Å². The Kier molecular flexibility index (Phi) is 5.62. The van der Waals surface area contributed by atoms with Gasteiger partial charge in [-0.15, -0.1) is 11.3 Å². The van der Waals surface area contributed by atoms with E-state index in [0.717, 1.165) is 18.4 Å². The highest BCUT2D eigenvalue weighted by Crippen LogP contribution is 2.23. The molecule has 1 atom stereocenters. The van der Waals surface area contributed by atoms with Gasteiger partial charge in [0.05, 0.1) is 7.11 Å². The van der Waals surface area contributed by atoms with Gasteiger partial charge in [-0.3, -0.25) is 4.79 Å². The maximum atomic E-state index is 12.1. The Morgan fingerprint density at radius 1 is 1.50 bits per heavy atom. The SMILES string of the molecule is COC(=O)c1sccc1S(=O)(=O)NC(CCO)C(=O)O. The summed E-state index contributed by atoms with van der Waals surface area (Å²) in [6, 6.07) is -0.299. The van der Waals surface area contributed by atoms with E-state index in [1.807, 2.05) is 4.72 Å². The molecule has 1 rings (SSSR count). The number of aliphatic hydroxyl groups is 1. The van der Waals surface area contributed by atoms with Gasteiger partial charge in [0.15, 0.2) is 0 Å². The second-order valence-electron chi connectivity index (χ2n) is 3.63. The van der Waals surface area contributed by atoms with Crippen molar-refractivity contribution < 1.29 is 33.0 Å². The van der Waals surface area contributed by atoms with Crippen molar-refractivity contribution in [1.29, 1.82) is 0 Å². The van der Waals surface area contributed by atoms with E-state index >= 15 is 0 Å². The molecule has 0 fully saturated rings. The van der Waals surface area contributed by atoms with Crippen molar-refractivity contribution in [3.05, 3.63) is 16.3 Å². The Bertz CT molecular complexity index is 593. The van der Waals surface area contributed by atoms with E-state index in [1.54, 1.807) is 0 Å². The summed E-state index contributed by atoms with van der Waals surface area (Å²) in [4.78, 5) is 21.8. The number of carboxylic acids is 1. The van der Waals surface area contributed by atoms with Crippen LogP contribution in [-0.4, -0.2) is 50.3 Å². The number of ether oxygens (including phenoxy) is 1. The van der Waals surface area contributed by atoms with E-state index in [4.69, 9.17) is 10.2 Å². The molecule has 1 aromatic heterocycles. The van der Waals surface area contributed by atoms with E-state index in [0.29, 0.717) is 0 Å². The average molecular weight is 323 g/mol. The molecule has 8 nitrogen and oxygen atoms in total. The highest BCUT2D eigenvalue weighted by molar-refractivity contribution is 7.89. The zero-order valence-corrected chi connectivity index (χ0v) is 12.0. The van der Waals surface area contributed by atoms with Crippen molar-refractivity contribution >= 4 is 33.3 Å². The van der Waals surface area contributed by atoms with Crippen molar-refractivity contribution in [1.82, 2.24) is 4.72 Å². The van der Waals surface area contributed by atoms with Gasteiger partial charge < -0.3 is 14.9 Å². The third-order valence-corrected chi connectivity index (χ3v) is 4.84. The number of carbonyl (C=O) groups excluding carboxylic acids is 1. The van der Waals surface area contributed by atoms with Gasteiger partial charge in [0.2, 0.25) is 10.0 Å². The fraction of sp³-hybridized carbons (Fsp3) is 0.400. The molecule has 1 heterocycles. The van der Waals surface area contributed by atoms with Crippen molar-refractivity contribution in [2.45, 2.75) is 17.4 Å². The van der Waals surface area contributed by atoms with Gasteiger partial charge in [-0.25, -0.2) is 13.2 Å². The topological polar surface area (TPSA) is 130 Å². The van der Waals surface area contributed by atoms with Gasteiger partial charge in [-0.2, -0.15) is 4.72 Å². The first-order valence-corrected chi connectivity index (χ1v) is 7.71. The molecule has 0 radical (unpaired) electrons. The van der Waals surface area contributed by atoms with Crippen LogP contribution in [0.1, 0.15) is 16.1 Å². The number of esters is 1. The summed E-state index contributed by atoms with van der Waals surface area (Å²) in [5.74, 6) is -2.24. The number of methoxy groups -OCH3 is 1. The minimum absolute atomic E-state index is 0.145. The first-order chi connectivity index (χ1) is 9.33. The molecule has 3 N–H and O–H groups in total. The lowest BCUT2D eigenvalue weighted by molar-refractivity contribution is -0.139. The summed E-state index contributed by atoms with van der Waals surface area (Å²) in [6.45, 7) is -0.493. The van der Waals surface area contributed by atoms with E-state index in [-0.39, 0.29) is 16.2 Å². The minimum Gasteiger partial charge on any atom is -0.480 e. The highest BCUT2D eigenvalue weighted by Gasteiger charge is 2.29. The van der Waals surface area contributed by atoms with Crippen LogP contribution in [0.5, 0.6) is 0 Å². The molecule has 20 heavy (non-hydrogen) atoms. The van der Waals surface area contributed by atoms with Crippen LogP contribution in [0, 0.1) is 0 Å². The molecule has 112 valence electrons. The van der Waals surface area contributed by atoms with Crippen molar-refractivity contribution in [2.75, 3.05) is 13.7 Å². The summed E-state index contributed by atoms with van der Waals surface area (Å²) in [5.41, 5.74) is 0. The molecule has 1 aromatic rings. The summed E-state index contributed by atoms with van der Waals surface area (Å²) in [6.07, 6.45) is -0.285. The molecule has 0 aliphatic heterocycles. The Morgan fingerprint density at radius 2 is 2.15 bits per heavy atom. The second kappa shape index (κ2) is 6.79. The molecule has 10 heteroatoms. The molecule has 0 amide bonds. The van der Waals surface area contributed by atoms with Crippen molar-refractivity contribution in [3.8, 4) is 0 Å². The van der Waals surface area contributed by atoms with Gasteiger partial charge in [-0.05, 0) is 17.9 Å². The Balaban J connectivity index is 3.08. The molecule has 0 spiro atoms. The summed E-state index contributed by atoms with van der Waals surface area (Å²) >= 11 is 0.867. The number of aliphatic hydroxyl groups excluding tert-OH is 1. The predicted molar refractivity (Wildman–Crippen MR) is 69.1 cm³/mol. The van der Waals surface area contributed by atoms with E-state index in [2.05, 4.69) is 4.74 Å². The van der Waals surface area contributed by atoms with Gasteiger partial charge in [0.25, 0.3) is 0 Å². The molecule has 0 bridgehead atoms. The lowest BCUT2D eigenvalue weighted by Crippen LogP contribution is -2.41. The molecule has 0 aliphatic rings. The summed E-state index contributed by atoms with van der Waals surface area (Å²) < 4.78 is 30.5. The number of hydrogen-bond donors (Lipinski definition) is 3. The largest absolute Gasteiger partial charge is 0.480 e. The molecular formula is C10H13NO7S2. The highest BCUT2D eigenvalue weighted by atomic mass is 32.2. The molecule has 1 unspecified atom stereocenters. The predicted octanol–water partition coefficient (Wildman–Crippen LogP) is -0.351. The Morgan fingerprint density at radius 3 is 2.65 bits per heavy atom. The van der Waals surface area contributed by atoms with Crippen LogP contribution >= 0.6 is 11.3 Å². The fourth-order valence-corrected chi connectivity index (χ4v) is 3.92. The van der Waals surface area contributed by atoms with Crippen LogP contribution in [0.25, 0.3) is 0 Å². The van der Waals surface area contributed by atoms with Gasteiger partial charge in [-0.1, -0.05) is 0 Å². The minimum atomic E-state index is -4.20. The molecule has 0 saturated heterocycles. The second-order valence-corrected chi connectivity index (χ2v) is 6.23. The zero-order valence-electron chi connectivity index (χ0n) is 10.4. The number of thiophene rings is 1. The van der Waals surface area contributed by atoms with Crippen LogP contribution in [-0.2, 0) is 19.6 Å². The molecular weight excluding hydrogens is 310 g/mol. The molecule has 0 aromatic carbocycles. The quantitative estimate of drug-likeness (QED) is 0.585. The average Bonchev–Trinajstić information content (AvgIpc) is 2.87. The number of rotatable bonds is 7. The Labute approximate surface area is 119 Å². The van der Waals surface area contributed by atoms with Gasteiger partial charge in [0, 0.05) is 6.61 Å². The monoisotopic (exact) mass is 323 g/mol. The summed E-state index contributed by atoms with van der Waals surface area (Å²) in [5, 5.41) is 19.0. The lowest BCUT2D eigenvalue weighted by atomic mass is 10.2. The first-order valence-electron chi connectivity index (χ1n) is 5.35. The molecule has 0 saturated carbocycles. The summed E-state index contributed by atoms with van der Waals surface area (Å²) in [7, 11) is -3.09. The van der Waals surface area contributed by atoms with Crippen LogP contribution in [0.15, 0.2) is 16.3 Å².